The molecule has 0 spiro atoms. The Bertz CT molecular complexity index is 557. The van der Waals surface area contributed by atoms with Crippen LogP contribution in [0.5, 0.6) is 0 Å². The third-order valence-corrected chi connectivity index (χ3v) is 5.24. The summed E-state index contributed by atoms with van der Waals surface area (Å²) in [4.78, 5) is 0.0908. The molecule has 1 aromatic carbocycles. The van der Waals surface area contributed by atoms with Crippen LogP contribution in [0.3, 0.4) is 0 Å². The second-order valence-electron chi connectivity index (χ2n) is 4.90. The maximum absolute atomic E-state index is 12.2. The summed E-state index contributed by atoms with van der Waals surface area (Å²) >= 11 is 6.01. The molecular weight excluding hydrogens is 300 g/mol. The average Bonchev–Trinajstić information content (AvgIpc) is 2.46. The molecule has 0 aromatic heterocycles. The van der Waals surface area contributed by atoms with E-state index in [1.807, 2.05) is 0 Å². The number of sulfonamides is 1. The first-order valence-corrected chi connectivity index (χ1v) is 8.45. The van der Waals surface area contributed by atoms with E-state index in [9.17, 15) is 8.42 Å². The van der Waals surface area contributed by atoms with E-state index >= 15 is 0 Å². The zero-order valence-electron chi connectivity index (χ0n) is 11.1. The predicted molar refractivity (Wildman–Crippen MR) is 78.1 cm³/mol. The summed E-state index contributed by atoms with van der Waals surface area (Å²) in [7, 11) is -3.59. The zero-order valence-corrected chi connectivity index (χ0v) is 12.7. The lowest BCUT2D eigenvalue weighted by Crippen LogP contribution is -2.33. The highest BCUT2D eigenvalue weighted by molar-refractivity contribution is 7.89. The van der Waals surface area contributed by atoms with E-state index in [1.165, 1.54) is 6.07 Å². The van der Waals surface area contributed by atoms with Crippen molar-refractivity contribution in [2.75, 3.05) is 19.8 Å². The van der Waals surface area contributed by atoms with Gasteiger partial charge in [-0.3, -0.25) is 0 Å². The van der Waals surface area contributed by atoms with E-state index in [-0.39, 0.29) is 15.8 Å². The Labute approximate surface area is 124 Å². The van der Waals surface area contributed by atoms with E-state index in [0.29, 0.717) is 19.7 Å². The largest absolute Gasteiger partial charge is 0.381 e. The van der Waals surface area contributed by atoms with Gasteiger partial charge in [-0.15, -0.1) is 0 Å². The van der Waals surface area contributed by atoms with Crippen LogP contribution in [0.1, 0.15) is 18.4 Å². The molecule has 1 saturated heterocycles. The zero-order chi connectivity index (χ0) is 14.6. The van der Waals surface area contributed by atoms with Crippen LogP contribution in [0.4, 0.5) is 0 Å². The van der Waals surface area contributed by atoms with Crippen molar-refractivity contribution < 1.29 is 13.2 Å². The number of hydrogen-bond acceptors (Lipinski definition) is 4. The summed E-state index contributed by atoms with van der Waals surface area (Å²) in [6, 6.07) is 4.74. The van der Waals surface area contributed by atoms with Crippen LogP contribution in [0.2, 0.25) is 5.02 Å². The highest BCUT2D eigenvalue weighted by Crippen LogP contribution is 2.23. The molecule has 1 fully saturated rings. The van der Waals surface area contributed by atoms with Gasteiger partial charge in [-0.2, -0.15) is 0 Å². The van der Waals surface area contributed by atoms with Crippen molar-refractivity contribution in [3.8, 4) is 0 Å². The fourth-order valence-corrected chi connectivity index (χ4v) is 3.84. The van der Waals surface area contributed by atoms with E-state index < -0.39 is 10.0 Å². The molecule has 3 N–H and O–H groups in total. The molecule has 112 valence electrons. The fourth-order valence-electron chi connectivity index (χ4n) is 2.16. The van der Waals surface area contributed by atoms with Crippen molar-refractivity contribution in [2.24, 2.45) is 11.7 Å². The number of ether oxygens (including phenoxy) is 1. The molecule has 1 aliphatic rings. The molecular formula is C13H19ClN2O3S. The SMILES string of the molecule is NCc1ccc(S(=O)(=O)NCC2CCCOC2)c(Cl)c1. The van der Waals surface area contributed by atoms with Crippen LogP contribution in [-0.4, -0.2) is 28.2 Å². The van der Waals surface area contributed by atoms with Crippen molar-refractivity contribution in [3.63, 3.8) is 0 Å². The number of hydrogen-bond donors (Lipinski definition) is 2. The number of nitrogens with one attached hydrogen (secondary N) is 1. The van der Waals surface area contributed by atoms with E-state index in [4.69, 9.17) is 22.1 Å². The fraction of sp³-hybridized carbons (Fsp3) is 0.538. The van der Waals surface area contributed by atoms with Gasteiger partial charge in [0.2, 0.25) is 10.0 Å². The third kappa shape index (κ3) is 3.93. The minimum atomic E-state index is -3.59. The van der Waals surface area contributed by atoms with Crippen molar-refractivity contribution in [3.05, 3.63) is 28.8 Å². The van der Waals surface area contributed by atoms with E-state index in [2.05, 4.69) is 4.72 Å². The van der Waals surface area contributed by atoms with Crippen LogP contribution in [0.25, 0.3) is 0 Å². The van der Waals surface area contributed by atoms with Gasteiger partial charge in [-0.1, -0.05) is 17.7 Å². The first-order valence-electron chi connectivity index (χ1n) is 6.59. The minimum Gasteiger partial charge on any atom is -0.381 e. The summed E-state index contributed by atoms with van der Waals surface area (Å²) in [6.45, 7) is 2.06. The maximum Gasteiger partial charge on any atom is 0.242 e. The minimum absolute atomic E-state index is 0.0908. The molecule has 1 unspecified atom stereocenters. The van der Waals surface area contributed by atoms with Crippen LogP contribution >= 0.6 is 11.6 Å². The van der Waals surface area contributed by atoms with Gasteiger partial charge in [-0.25, -0.2) is 13.1 Å². The number of halogens is 1. The average molecular weight is 319 g/mol. The summed E-state index contributed by atoms with van der Waals surface area (Å²) < 4.78 is 32.4. The number of rotatable bonds is 5. The highest BCUT2D eigenvalue weighted by atomic mass is 35.5. The normalized spacial score (nSPS) is 20.0. The topological polar surface area (TPSA) is 81.4 Å². The standard InChI is InChI=1S/C13H19ClN2O3S/c14-12-6-10(7-15)3-4-13(12)20(17,18)16-8-11-2-1-5-19-9-11/h3-4,6,11,16H,1-2,5,7-9,15H2. The molecule has 1 atom stereocenters. The molecule has 5 nitrogen and oxygen atoms in total. The summed E-state index contributed by atoms with van der Waals surface area (Å²) in [5.41, 5.74) is 6.30. The molecule has 2 rings (SSSR count). The van der Waals surface area contributed by atoms with Gasteiger partial charge in [0, 0.05) is 19.7 Å². The lowest BCUT2D eigenvalue weighted by Gasteiger charge is -2.22. The van der Waals surface area contributed by atoms with Gasteiger partial charge in [0.15, 0.2) is 0 Å². The van der Waals surface area contributed by atoms with E-state index in [1.54, 1.807) is 12.1 Å². The number of nitrogens with two attached hydrogens (primary N) is 1. The van der Waals surface area contributed by atoms with Crippen LogP contribution in [0.15, 0.2) is 23.1 Å². The predicted octanol–water partition coefficient (Wildman–Crippen LogP) is 1.50. The van der Waals surface area contributed by atoms with Crippen molar-refractivity contribution in [1.82, 2.24) is 4.72 Å². The van der Waals surface area contributed by atoms with Crippen LogP contribution < -0.4 is 10.5 Å². The highest BCUT2D eigenvalue weighted by Gasteiger charge is 2.21. The lowest BCUT2D eigenvalue weighted by atomic mass is 10.0. The molecule has 0 saturated carbocycles. The Morgan fingerprint density at radius 2 is 2.25 bits per heavy atom. The molecule has 1 aliphatic heterocycles. The Morgan fingerprint density at radius 3 is 2.85 bits per heavy atom. The molecule has 1 heterocycles. The van der Waals surface area contributed by atoms with Crippen LogP contribution in [0, 0.1) is 5.92 Å². The van der Waals surface area contributed by atoms with Gasteiger partial charge in [0.25, 0.3) is 0 Å². The number of benzene rings is 1. The van der Waals surface area contributed by atoms with Crippen molar-refractivity contribution in [1.29, 1.82) is 0 Å². The Hall–Kier alpha value is -0.660. The smallest absolute Gasteiger partial charge is 0.242 e. The summed E-state index contributed by atoms with van der Waals surface area (Å²) in [6.07, 6.45) is 1.95. The summed E-state index contributed by atoms with van der Waals surface area (Å²) in [5, 5.41) is 0.195. The lowest BCUT2D eigenvalue weighted by molar-refractivity contribution is 0.0568. The molecule has 0 radical (unpaired) electrons. The van der Waals surface area contributed by atoms with Gasteiger partial charge in [-0.05, 0) is 36.5 Å². The maximum atomic E-state index is 12.2. The Balaban J connectivity index is 2.05. The molecule has 0 amide bonds. The quantitative estimate of drug-likeness (QED) is 0.862. The van der Waals surface area contributed by atoms with Gasteiger partial charge < -0.3 is 10.5 Å². The van der Waals surface area contributed by atoms with Crippen molar-refractivity contribution >= 4 is 21.6 Å². The summed E-state index contributed by atoms with van der Waals surface area (Å²) in [5.74, 6) is 0.223. The van der Waals surface area contributed by atoms with Gasteiger partial charge in [0.1, 0.15) is 4.90 Å². The first-order chi connectivity index (χ1) is 9.53. The second-order valence-corrected chi connectivity index (χ2v) is 7.05. The molecule has 7 heteroatoms. The Kier molecular flexibility index (Phi) is 5.40. The third-order valence-electron chi connectivity index (χ3n) is 3.34. The van der Waals surface area contributed by atoms with E-state index in [0.717, 1.165) is 25.0 Å². The second kappa shape index (κ2) is 6.87. The molecule has 0 bridgehead atoms. The van der Waals surface area contributed by atoms with Crippen LogP contribution in [-0.2, 0) is 21.3 Å². The first kappa shape index (κ1) is 15.7. The van der Waals surface area contributed by atoms with Crippen molar-refractivity contribution in [2.45, 2.75) is 24.3 Å². The van der Waals surface area contributed by atoms with Gasteiger partial charge in [0.05, 0.1) is 11.6 Å². The molecule has 20 heavy (non-hydrogen) atoms. The Morgan fingerprint density at radius 1 is 1.45 bits per heavy atom. The molecule has 0 aliphatic carbocycles. The molecule has 1 aromatic rings. The monoisotopic (exact) mass is 318 g/mol. The van der Waals surface area contributed by atoms with Gasteiger partial charge >= 0.3 is 0 Å².